The molecule has 0 aromatic heterocycles. The normalized spacial score (nSPS) is 19.8. The van der Waals surface area contributed by atoms with Gasteiger partial charge in [0.25, 0.3) is 0 Å². The molecule has 2 heteroatoms. The predicted molar refractivity (Wildman–Crippen MR) is 88.1 cm³/mol. The van der Waals surface area contributed by atoms with Crippen molar-refractivity contribution in [3.63, 3.8) is 0 Å². The highest BCUT2D eigenvalue weighted by molar-refractivity contribution is 4.75. The Morgan fingerprint density at radius 2 is 1.50 bits per heavy atom. The maximum absolute atomic E-state index is 8.96. The number of hydrogen-bond donors (Lipinski definition) is 1. The molecule has 1 aliphatic rings. The van der Waals surface area contributed by atoms with Crippen LogP contribution in [0.4, 0.5) is 0 Å². The van der Waals surface area contributed by atoms with E-state index in [1.165, 1.54) is 90.3 Å². The zero-order valence-electron chi connectivity index (χ0n) is 13.8. The molecule has 2 nitrogen and oxygen atoms in total. The van der Waals surface area contributed by atoms with Gasteiger partial charge in [-0.15, -0.1) is 0 Å². The lowest BCUT2D eigenvalue weighted by Crippen LogP contribution is -2.22. The maximum atomic E-state index is 8.96. The molecule has 0 amide bonds. The van der Waals surface area contributed by atoms with E-state index < -0.39 is 0 Å². The molecule has 0 bridgehead atoms. The Kier molecular flexibility index (Phi) is 11.4. The van der Waals surface area contributed by atoms with Crippen LogP contribution in [0.2, 0.25) is 0 Å². The highest BCUT2D eigenvalue weighted by Crippen LogP contribution is 2.19. The van der Waals surface area contributed by atoms with Crippen molar-refractivity contribution >= 4 is 0 Å². The van der Waals surface area contributed by atoms with Crippen molar-refractivity contribution in [3.8, 4) is 0 Å². The zero-order valence-corrected chi connectivity index (χ0v) is 13.8. The Bertz CT molecular complexity index is 208. The quantitative estimate of drug-likeness (QED) is 0.499. The highest BCUT2D eigenvalue weighted by atomic mass is 16.3. The molecular formula is C18H37NO. The molecule has 1 unspecified atom stereocenters. The molecule has 0 aromatic carbocycles. The van der Waals surface area contributed by atoms with Crippen LogP contribution in [0.15, 0.2) is 0 Å². The molecule has 1 aliphatic heterocycles. The van der Waals surface area contributed by atoms with Gasteiger partial charge in [-0.2, -0.15) is 0 Å². The minimum Gasteiger partial charge on any atom is -0.396 e. The Hall–Kier alpha value is -0.0800. The number of rotatable bonds is 13. The molecule has 1 atom stereocenters. The third kappa shape index (κ3) is 8.97. The average molecular weight is 283 g/mol. The molecule has 1 saturated heterocycles. The summed E-state index contributed by atoms with van der Waals surface area (Å²) in [5.41, 5.74) is 0. The van der Waals surface area contributed by atoms with Gasteiger partial charge in [0.15, 0.2) is 0 Å². The third-order valence-corrected chi connectivity index (χ3v) is 4.74. The molecule has 1 heterocycles. The summed E-state index contributed by atoms with van der Waals surface area (Å²) in [7, 11) is 0. The smallest absolute Gasteiger partial charge is 0.0434 e. The lowest BCUT2D eigenvalue weighted by molar-refractivity contribution is 0.250. The third-order valence-electron chi connectivity index (χ3n) is 4.74. The number of nitrogens with zero attached hydrogens (tertiary/aromatic N) is 1. The van der Waals surface area contributed by atoms with Crippen molar-refractivity contribution in [1.29, 1.82) is 0 Å². The zero-order chi connectivity index (χ0) is 14.5. The van der Waals surface area contributed by atoms with Gasteiger partial charge in [-0.05, 0) is 38.3 Å². The van der Waals surface area contributed by atoms with Crippen molar-refractivity contribution in [1.82, 2.24) is 4.90 Å². The van der Waals surface area contributed by atoms with E-state index in [9.17, 15) is 0 Å². The van der Waals surface area contributed by atoms with Crippen LogP contribution in [-0.2, 0) is 0 Å². The second-order valence-corrected chi connectivity index (χ2v) is 6.65. The van der Waals surface area contributed by atoms with E-state index in [-0.39, 0.29) is 0 Å². The number of likely N-dealkylation sites (tertiary alicyclic amines) is 1. The second kappa shape index (κ2) is 12.6. The van der Waals surface area contributed by atoms with Gasteiger partial charge in [-0.1, -0.05) is 64.7 Å². The summed E-state index contributed by atoms with van der Waals surface area (Å²) in [5.74, 6) is 0.767. The average Bonchev–Trinajstić information content (AvgIpc) is 2.89. The Labute approximate surface area is 126 Å². The second-order valence-electron chi connectivity index (χ2n) is 6.65. The minimum atomic E-state index is 0.372. The van der Waals surface area contributed by atoms with E-state index in [1.54, 1.807) is 0 Å². The first-order valence-electron chi connectivity index (χ1n) is 9.20. The van der Waals surface area contributed by atoms with Crippen LogP contribution < -0.4 is 0 Å². The van der Waals surface area contributed by atoms with Gasteiger partial charge in [-0.25, -0.2) is 0 Å². The summed E-state index contributed by atoms with van der Waals surface area (Å²) >= 11 is 0. The molecular weight excluding hydrogens is 246 g/mol. The monoisotopic (exact) mass is 283 g/mol. The van der Waals surface area contributed by atoms with Crippen molar-refractivity contribution in [2.45, 2.75) is 84.0 Å². The fourth-order valence-electron chi connectivity index (χ4n) is 3.36. The van der Waals surface area contributed by atoms with E-state index in [0.717, 1.165) is 12.3 Å². The van der Waals surface area contributed by atoms with Crippen LogP contribution in [0.5, 0.6) is 0 Å². The summed E-state index contributed by atoms with van der Waals surface area (Å²) in [6.45, 7) is 6.45. The summed E-state index contributed by atoms with van der Waals surface area (Å²) in [4.78, 5) is 2.60. The molecule has 0 aromatic rings. The summed E-state index contributed by atoms with van der Waals surface area (Å²) in [6, 6.07) is 0. The fourth-order valence-corrected chi connectivity index (χ4v) is 3.36. The lowest BCUT2D eigenvalue weighted by Gasteiger charge is -2.15. The number of aliphatic hydroxyl groups excluding tert-OH is 1. The molecule has 0 saturated carbocycles. The number of aliphatic hydroxyl groups is 1. The van der Waals surface area contributed by atoms with Gasteiger partial charge in [0, 0.05) is 13.2 Å². The molecule has 0 spiro atoms. The topological polar surface area (TPSA) is 23.5 Å². The van der Waals surface area contributed by atoms with E-state index in [2.05, 4.69) is 11.8 Å². The first-order chi connectivity index (χ1) is 9.86. The summed E-state index contributed by atoms with van der Waals surface area (Å²) < 4.78 is 0. The Balaban J connectivity index is 1.79. The van der Waals surface area contributed by atoms with Gasteiger partial charge in [0.1, 0.15) is 0 Å². The van der Waals surface area contributed by atoms with E-state index >= 15 is 0 Å². The van der Waals surface area contributed by atoms with E-state index in [1.807, 2.05) is 0 Å². The Morgan fingerprint density at radius 1 is 0.900 bits per heavy atom. The fraction of sp³-hybridized carbons (Fsp3) is 1.00. The molecule has 1 fully saturated rings. The molecule has 1 rings (SSSR count). The summed E-state index contributed by atoms with van der Waals surface area (Å²) in [6.07, 6.45) is 16.6. The largest absolute Gasteiger partial charge is 0.396 e. The first-order valence-corrected chi connectivity index (χ1v) is 9.20. The maximum Gasteiger partial charge on any atom is 0.0434 e. The van der Waals surface area contributed by atoms with Crippen LogP contribution in [0.3, 0.4) is 0 Å². The van der Waals surface area contributed by atoms with Gasteiger partial charge in [0.05, 0.1) is 0 Å². The van der Waals surface area contributed by atoms with Gasteiger partial charge in [0.2, 0.25) is 0 Å². The van der Waals surface area contributed by atoms with Crippen LogP contribution in [0.25, 0.3) is 0 Å². The Morgan fingerprint density at radius 3 is 2.10 bits per heavy atom. The molecule has 0 radical (unpaired) electrons. The molecule has 120 valence electrons. The van der Waals surface area contributed by atoms with Crippen molar-refractivity contribution in [2.75, 3.05) is 26.2 Å². The van der Waals surface area contributed by atoms with Gasteiger partial charge < -0.3 is 10.0 Å². The van der Waals surface area contributed by atoms with Crippen LogP contribution in [-0.4, -0.2) is 36.2 Å². The summed E-state index contributed by atoms with van der Waals surface area (Å²) in [5, 5.41) is 8.96. The molecule has 1 N–H and O–H groups in total. The first kappa shape index (κ1) is 18.0. The molecule has 20 heavy (non-hydrogen) atoms. The van der Waals surface area contributed by atoms with E-state index in [4.69, 9.17) is 5.11 Å². The van der Waals surface area contributed by atoms with Crippen LogP contribution in [0.1, 0.15) is 84.0 Å². The molecule has 0 aliphatic carbocycles. The van der Waals surface area contributed by atoms with E-state index in [0.29, 0.717) is 6.61 Å². The predicted octanol–water partition coefficient (Wildman–Crippen LogP) is 4.61. The SMILES string of the molecule is CCCCCCCCCCCCN1CCC(CCO)C1. The van der Waals surface area contributed by atoms with Gasteiger partial charge >= 0.3 is 0 Å². The lowest BCUT2D eigenvalue weighted by atomic mass is 10.1. The van der Waals surface area contributed by atoms with Crippen molar-refractivity contribution < 1.29 is 5.11 Å². The standard InChI is InChI=1S/C18H37NO/c1-2-3-4-5-6-7-8-9-10-11-14-19-15-12-18(17-19)13-16-20/h18,20H,2-17H2,1H3. The van der Waals surface area contributed by atoms with Crippen molar-refractivity contribution in [3.05, 3.63) is 0 Å². The van der Waals surface area contributed by atoms with Gasteiger partial charge in [-0.3, -0.25) is 0 Å². The minimum absolute atomic E-state index is 0.372. The van der Waals surface area contributed by atoms with Crippen LogP contribution >= 0.6 is 0 Å². The van der Waals surface area contributed by atoms with Crippen LogP contribution in [0, 0.1) is 5.92 Å². The number of hydrogen-bond acceptors (Lipinski definition) is 2. The van der Waals surface area contributed by atoms with Crippen molar-refractivity contribution in [2.24, 2.45) is 5.92 Å². The number of unbranched alkanes of at least 4 members (excludes halogenated alkanes) is 9. The highest BCUT2D eigenvalue weighted by Gasteiger charge is 2.20.